The smallest absolute Gasteiger partial charge is 0.230 e. The molecular formula is C11H16N2OS2. The first-order valence-corrected chi connectivity index (χ1v) is 7.53. The third kappa shape index (κ3) is 4.14. The van der Waals surface area contributed by atoms with E-state index in [1.807, 2.05) is 6.92 Å². The second kappa shape index (κ2) is 5.68. The predicted octanol–water partition coefficient (Wildman–Crippen LogP) is 2.21. The molecule has 2 rings (SSSR count). The Kier molecular flexibility index (Phi) is 4.23. The SMILES string of the molecule is Cc1nc(CSCC(=O)NCC2CC2)cs1. The van der Waals surface area contributed by atoms with Crippen LogP contribution in [-0.2, 0) is 10.5 Å². The maximum atomic E-state index is 11.4. The molecule has 1 N–H and O–H groups in total. The van der Waals surface area contributed by atoms with Crippen LogP contribution in [0.25, 0.3) is 0 Å². The normalized spacial score (nSPS) is 15.1. The average Bonchev–Trinajstić information content (AvgIpc) is 2.99. The summed E-state index contributed by atoms with van der Waals surface area (Å²) < 4.78 is 0. The summed E-state index contributed by atoms with van der Waals surface area (Å²) in [7, 11) is 0. The van der Waals surface area contributed by atoms with Gasteiger partial charge in [0.05, 0.1) is 16.5 Å². The number of hydrogen-bond donors (Lipinski definition) is 1. The van der Waals surface area contributed by atoms with Crippen molar-refractivity contribution in [2.45, 2.75) is 25.5 Å². The Morgan fingerprint density at radius 2 is 2.50 bits per heavy atom. The van der Waals surface area contributed by atoms with Crippen LogP contribution in [-0.4, -0.2) is 23.2 Å². The lowest BCUT2D eigenvalue weighted by atomic mass is 10.4. The molecule has 0 unspecified atom stereocenters. The zero-order valence-electron chi connectivity index (χ0n) is 9.36. The minimum Gasteiger partial charge on any atom is -0.355 e. The minimum absolute atomic E-state index is 0.156. The van der Waals surface area contributed by atoms with E-state index in [9.17, 15) is 4.79 Å². The molecule has 1 amide bonds. The molecule has 1 aromatic rings. The lowest BCUT2D eigenvalue weighted by Crippen LogP contribution is -2.27. The second-order valence-corrected chi connectivity index (χ2v) is 6.15. The highest BCUT2D eigenvalue weighted by molar-refractivity contribution is 7.99. The largest absolute Gasteiger partial charge is 0.355 e. The summed E-state index contributed by atoms with van der Waals surface area (Å²) >= 11 is 3.29. The molecule has 3 nitrogen and oxygen atoms in total. The molecule has 0 aliphatic heterocycles. The van der Waals surface area contributed by atoms with Crippen molar-refractivity contribution in [2.24, 2.45) is 5.92 Å². The van der Waals surface area contributed by atoms with E-state index in [2.05, 4.69) is 15.7 Å². The fourth-order valence-corrected chi connectivity index (χ4v) is 2.82. The number of aryl methyl sites for hydroxylation is 1. The molecule has 0 radical (unpaired) electrons. The zero-order valence-corrected chi connectivity index (χ0v) is 11.0. The molecule has 0 spiro atoms. The average molecular weight is 256 g/mol. The molecular weight excluding hydrogens is 240 g/mol. The van der Waals surface area contributed by atoms with Crippen LogP contribution in [0.1, 0.15) is 23.5 Å². The number of carbonyl (C=O) groups excluding carboxylic acids is 1. The van der Waals surface area contributed by atoms with Gasteiger partial charge in [0.15, 0.2) is 0 Å². The van der Waals surface area contributed by atoms with Crippen molar-refractivity contribution in [1.29, 1.82) is 0 Å². The molecule has 88 valence electrons. The van der Waals surface area contributed by atoms with Gasteiger partial charge in [0.2, 0.25) is 5.91 Å². The number of thiazole rings is 1. The van der Waals surface area contributed by atoms with E-state index in [0.717, 1.165) is 28.9 Å². The summed E-state index contributed by atoms with van der Waals surface area (Å²) in [5, 5.41) is 6.11. The Morgan fingerprint density at radius 1 is 1.69 bits per heavy atom. The fraction of sp³-hybridized carbons (Fsp3) is 0.636. The van der Waals surface area contributed by atoms with E-state index < -0.39 is 0 Å². The second-order valence-electron chi connectivity index (χ2n) is 4.10. The molecule has 1 aliphatic rings. The number of nitrogens with one attached hydrogen (secondary N) is 1. The van der Waals surface area contributed by atoms with Gasteiger partial charge in [0.25, 0.3) is 0 Å². The van der Waals surface area contributed by atoms with Crippen LogP contribution in [0.2, 0.25) is 0 Å². The molecule has 1 heterocycles. The Morgan fingerprint density at radius 3 is 3.12 bits per heavy atom. The molecule has 0 bridgehead atoms. The van der Waals surface area contributed by atoms with E-state index in [4.69, 9.17) is 0 Å². The van der Waals surface area contributed by atoms with Gasteiger partial charge in [-0.05, 0) is 25.7 Å². The van der Waals surface area contributed by atoms with Gasteiger partial charge in [-0.3, -0.25) is 4.79 Å². The summed E-state index contributed by atoms with van der Waals surface area (Å²) in [6.45, 7) is 2.87. The van der Waals surface area contributed by atoms with Gasteiger partial charge in [0.1, 0.15) is 0 Å². The quantitative estimate of drug-likeness (QED) is 0.848. The molecule has 0 atom stereocenters. The summed E-state index contributed by atoms with van der Waals surface area (Å²) in [6.07, 6.45) is 2.57. The molecule has 5 heteroatoms. The Labute approximate surface area is 104 Å². The molecule has 1 aliphatic carbocycles. The summed E-state index contributed by atoms with van der Waals surface area (Å²) in [5.74, 6) is 2.30. The summed E-state index contributed by atoms with van der Waals surface area (Å²) in [5.41, 5.74) is 1.09. The van der Waals surface area contributed by atoms with Crippen molar-refractivity contribution >= 4 is 29.0 Å². The predicted molar refractivity (Wildman–Crippen MR) is 68.7 cm³/mol. The molecule has 1 saturated carbocycles. The van der Waals surface area contributed by atoms with Crippen LogP contribution >= 0.6 is 23.1 Å². The highest BCUT2D eigenvalue weighted by Gasteiger charge is 2.21. The number of aromatic nitrogens is 1. The van der Waals surface area contributed by atoms with Crippen LogP contribution in [0.15, 0.2) is 5.38 Å². The number of rotatable bonds is 6. The van der Waals surface area contributed by atoms with E-state index in [0.29, 0.717) is 5.75 Å². The third-order valence-electron chi connectivity index (χ3n) is 2.43. The van der Waals surface area contributed by atoms with Gasteiger partial charge >= 0.3 is 0 Å². The van der Waals surface area contributed by atoms with Gasteiger partial charge in [0, 0.05) is 17.7 Å². The number of amides is 1. The first-order chi connectivity index (χ1) is 7.74. The van der Waals surface area contributed by atoms with Crippen LogP contribution in [0, 0.1) is 12.8 Å². The number of thioether (sulfide) groups is 1. The maximum Gasteiger partial charge on any atom is 0.230 e. The van der Waals surface area contributed by atoms with Crippen molar-refractivity contribution in [1.82, 2.24) is 10.3 Å². The van der Waals surface area contributed by atoms with E-state index in [1.54, 1.807) is 23.1 Å². The van der Waals surface area contributed by atoms with Gasteiger partial charge < -0.3 is 5.32 Å². The Bertz CT molecular complexity index is 361. The molecule has 1 aromatic heterocycles. The highest BCUT2D eigenvalue weighted by Crippen LogP contribution is 2.27. The minimum atomic E-state index is 0.156. The third-order valence-corrected chi connectivity index (χ3v) is 4.22. The molecule has 1 fully saturated rings. The lowest BCUT2D eigenvalue weighted by Gasteiger charge is -2.02. The molecule has 0 saturated heterocycles. The van der Waals surface area contributed by atoms with Gasteiger partial charge in [-0.2, -0.15) is 0 Å². The topological polar surface area (TPSA) is 42.0 Å². The molecule has 0 aromatic carbocycles. The number of carbonyl (C=O) groups is 1. The van der Waals surface area contributed by atoms with Crippen LogP contribution in [0.4, 0.5) is 0 Å². The van der Waals surface area contributed by atoms with E-state index in [-0.39, 0.29) is 5.91 Å². The zero-order chi connectivity index (χ0) is 11.4. The van der Waals surface area contributed by atoms with Crippen molar-refractivity contribution in [3.05, 3.63) is 16.1 Å². The standard InChI is InChI=1S/C11H16N2OS2/c1-8-13-10(6-16-8)5-15-7-11(14)12-4-9-2-3-9/h6,9H,2-5,7H2,1H3,(H,12,14). The monoisotopic (exact) mass is 256 g/mol. The van der Waals surface area contributed by atoms with Crippen molar-refractivity contribution in [3.63, 3.8) is 0 Å². The summed E-state index contributed by atoms with van der Waals surface area (Å²) in [4.78, 5) is 15.8. The highest BCUT2D eigenvalue weighted by atomic mass is 32.2. The van der Waals surface area contributed by atoms with Crippen molar-refractivity contribution < 1.29 is 4.79 Å². The Balaban J connectivity index is 1.57. The van der Waals surface area contributed by atoms with Crippen LogP contribution in [0.3, 0.4) is 0 Å². The Hall–Kier alpha value is -0.550. The van der Waals surface area contributed by atoms with Crippen molar-refractivity contribution in [3.8, 4) is 0 Å². The summed E-state index contributed by atoms with van der Waals surface area (Å²) in [6, 6.07) is 0. The van der Waals surface area contributed by atoms with Gasteiger partial charge in [-0.25, -0.2) is 4.98 Å². The fourth-order valence-electron chi connectivity index (χ4n) is 1.35. The first-order valence-electron chi connectivity index (χ1n) is 5.49. The maximum absolute atomic E-state index is 11.4. The van der Waals surface area contributed by atoms with E-state index >= 15 is 0 Å². The van der Waals surface area contributed by atoms with Crippen LogP contribution < -0.4 is 5.32 Å². The van der Waals surface area contributed by atoms with E-state index in [1.165, 1.54) is 12.8 Å². The van der Waals surface area contributed by atoms with Crippen LogP contribution in [0.5, 0.6) is 0 Å². The number of nitrogens with zero attached hydrogens (tertiary/aromatic N) is 1. The van der Waals surface area contributed by atoms with Gasteiger partial charge in [-0.15, -0.1) is 23.1 Å². The van der Waals surface area contributed by atoms with Crippen molar-refractivity contribution in [2.75, 3.05) is 12.3 Å². The number of hydrogen-bond acceptors (Lipinski definition) is 4. The molecule has 16 heavy (non-hydrogen) atoms. The lowest BCUT2D eigenvalue weighted by molar-refractivity contribution is -0.118. The van der Waals surface area contributed by atoms with Gasteiger partial charge in [-0.1, -0.05) is 0 Å². The first kappa shape index (κ1) is 11.9.